The van der Waals surface area contributed by atoms with Gasteiger partial charge in [-0.25, -0.2) is 4.98 Å². The Morgan fingerprint density at radius 1 is 1.47 bits per heavy atom. The molecular weight excluding hydrogens is 331 g/mol. The number of pyridine rings is 1. The predicted molar refractivity (Wildman–Crippen MR) is 70.7 cm³/mol. The summed E-state index contributed by atoms with van der Waals surface area (Å²) >= 11 is 2.21. The van der Waals surface area contributed by atoms with E-state index in [4.69, 9.17) is 4.74 Å². The average molecular weight is 344 g/mol. The molecule has 0 aromatic carbocycles. The maximum atomic E-state index is 12.0. The summed E-state index contributed by atoms with van der Waals surface area (Å²) < 4.78 is 6.37. The molecule has 1 aliphatic heterocycles. The Morgan fingerprint density at radius 2 is 2.18 bits per heavy atom. The fraction of sp³-hybridized carbons (Fsp3) is 0.500. The van der Waals surface area contributed by atoms with Crippen LogP contribution < -0.4 is 5.32 Å². The molecule has 0 spiro atoms. The Labute approximate surface area is 113 Å². The van der Waals surface area contributed by atoms with Crippen LogP contribution in [0.25, 0.3) is 0 Å². The van der Waals surface area contributed by atoms with Gasteiger partial charge in [-0.3, -0.25) is 4.79 Å². The molecule has 1 N–H and O–H groups in total. The third-order valence-corrected chi connectivity index (χ3v) is 4.64. The van der Waals surface area contributed by atoms with Crippen LogP contribution in [-0.2, 0) is 4.74 Å². The summed E-state index contributed by atoms with van der Waals surface area (Å²) in [4.78, 5) is 16.3. The van der Waals surface area contributed by atoms with Crippen molar-refractivity contribution in [2.75, 3.05) is 13.2 Å². The van der Waals surface area contributed by atoms with Crippen molar-refractivity contribution in [3.63, 3.8) is 0 Å². The van der Waals surface area contributed by atoms with Crippen LogP contribution in [0.15, 0.2) is 12.1 Å². The number of halogens is 1. The van der Waals surface area contributed by atoms with Crippen LogP contribution >= 0.6 is 22.6 Å². The van der Waals surface area contributed by atoms with Crippen LogP contribution in [0.2, 0.25) is 0 Å². The second-order valence-electron chi connectivity index (χ2n) is 4.63. The van der Waals surface area contributed by atoms with E-state index in [1.54, 1.807) is 6.07 Å². The molecule has 2 fully saturated rings. The van der Waals surface area contributed by atoms with Crippen LogP contribution in [0.5, 0.6) is 0 Å². The summed E-state index contributed by atoms with van der Waals surface area (Å²) in [6.07, 6.45) is 0. The van der Waals surface area contributed by atoms with Gasteiger partial charge in [-0.05, 0) is 41.6 Å². The van der Waals surface area contributed by atoms with Gasteiger partial charge in [-0.2, -0.15) is 0 Å². The number of nitrogens with zero attached hydrogens (tertiary/aromatic N) is 1. The van der Waals surface area contributed by atoms with Gasteiger partial charge in [0.2, 0.25) is 0 Å². The minimum Gasteiger partial charge on any atom is -0.381 e. The van der Waals surface area contributed by atoms with Crippen LogP contribution in [0.4, 0.5) is 0 Å². The molecule has 1 aromatic heterocycles. The summed E-state index contributed by atoms with van der Waals surface area (Å²) in [5, 5.41) is 3.03. The van der Waals surface area contributed by atoms with Crippen molar-refractivity contribution in [1.29, 1.82) is 0 Å². The lowest BCUT2D eigenvalue weighted by atomic mass is 10.3. The molecular formula is C12H13IN2O2. The third-order valence-electron chi connectivity index (χ3n) is 3.50. The molecule has 1 saturated carbocycles. The van der Waals surface area contributed by atoms with E-state index in [0.717, 1.165) is 22.5 Å². The zero-order valence-corrected chi connectivity index (χ0v) is 11.6. The number of aryl methyl sites for hydroxylation is 1. The second kappa shape index (κ2) is 4.20. The normalized spacial score (nSPS) is 29.9. The maximum absolute atomic E-state index is 12.0. The Kier molecular flexibility index (Phi) is 2.82. The van der Waals surface area contributed by atoms with E-state index in [-0.39, 0.29) is 5.91 Å². The zero-order valence-electron chi connectivity index (χ0n) is 9.44. The monoisotopic (exact) mass is 344 g/mol. The Balaban J connectivity index is 1.68. The van der Waals surface area contributed by atoms with E-state index in [1.165, 1.54) is 0 Å². The lowest BCUT2D eigenvalue weighted by molar-refractivity contribution is 0.0923. The van der Waals surface area contributed by atoms with Crippen molar-refractivity contribution in [3.8, 4) is 0 Å². The van der Waals surface area contributed by atoms with E-state index in [9.17, 15) is 4.79 Å². The first-order valence-electron chi connectivity index (χ1n) is 5.68. The van der Waals surface area contributed by atoms with Gasteiger partial charge in [0.15, 0.2) is 0 Å². The lowest BCUT2D eigenvalue weighted by Crippen LogP contribution is -2.30. The van der Waals surface area contributed by atoms with E-state index in [1.807, 2.05) is 13.0 Å². The number of carbonyl (C=O) groups excluding carboxylic acids is 1. The highest BCUT2D eigenvalue weighted by Gasteiger charge is 2.54. The number of rotatable bonds is 2. The highest BCUT2D eigenvalue weighted by Crippen LogP contribution is 2.44. The van der Waals surface area contributed by atoms with Crippen molar-refractivity contribution in [2.24, 2.45) is 11.8 Å². The van der Waals surface area contributed by atoms with Crippen molar-refractivity contribution in [3.05, 3.63) is 27.1 Å². The van der Waals surface area contributed by atoms with Gasteiger partial charge in [0.05, 0.1) is 18.9 Å². The first-order chi connectivity index (χ1) is 8.16. The van der Waals surface area contributed by atoms with Gasteiger partial charge in [-0.1, -0.05) is 0 Å². The van der Waals surface area contributed by atoms with Crippen molar-refractivity contribution < 1.29 is 9.53 Å². The Bertz CT molecular complexity index is 468. The molecule has 2 atom stereocenters. The first-order valence-corrected chi connectivity index (χ1v) is 6.76. The Hall–Kier alpha value is -0.690. The summed E-state index contributed by atoms with van der Waals surface area (Å²) in [5.74, 6) is 0.997. The highest BCUT2D eigenvalue weighted by molar-refractivity contribution is 14.1. The number of ether oxygens (including phenoxy) is 1. The predicted octanol–water partition coefficient (Wildman–Crippen LogP) is 1.37. The summed E-state index contributed by atoms with van der Waals surface area (Å²) in [6, 6.07) is 4.01. The lowest BCUT2D eigenvalue weighted by Gasteiger charge is -2.07. The van der Waals surface area contributed by atoms with Gasteiger partial charge in [0, 0.05) is 21.4 Å². The largest absolute Gasteiger partial charge is 0.381 e. The standard InChI is InChI=1S/C12H13IN2O2/c1-6-9(13)2-3-10(14-6)12(16)15-11-7-4-17-5-8(7)11/h2-3,7-8,11H,4-5H2,1H3,(H,15,16). The molecule has 3 rings (SSSR count). The van der Waals surface area contributed by atoms with Crippen LogP contribution in [0.1, 0.15) is 16.2 Å². The number of aromatic nitrogens is 1. The maximum Gasteiger partial charge on any atom is 0.270 e. The fourth-order valence-corrected chi connectivity index (χ4v) is 2.65. The van der Waals surface area contributed by atoms with Crippen molar-refractivity contribution >= 4 is 28.5 Å². The van der Waals surface area contributed by atoms with Gasteiger partial charge in [-0.15, -0.1) is 0 Å². The summed E-state index contributed by atoms with van der Waals surface area (Å²) in [7, 11) is 0. The van der Waals surface area contributed by atoms with Crippen molar-refractivity contribution in [2.45, 2.75) is 13.0 Å². The number of nitrogens with one attached hydrogen (secondary N) is 1. The van der Waals surface area contributed by atoms with E-state index in [2.05, 4.69) is 32.9 Å². The molecule has 0 bridgehead atoms. The molecule has 1 aromatic rings. The van der Waals surface area contributed by atoms with Gasteiger partial charge in [0.1, 0.15) is 5.69 Å². The number of fused-ring (bicyclic) bond motifs is 1. The zero-order chi connectivity index (χ0) is 12.0. The average Bonchev–Trinajstić information content (AvgIpc) is 2.76. The fourth-order valence-electron chi connectivity index (χ4n) is 2.35. The first kappa shape index (κ1) is 11.4. The van der Waals surface area contributed by atoms with Crippen LogP contribution in [-0.4, -0.2) is 30.1 Å². The SMILES string of the molecule is Cc1nc(C(=O)NC2C3COCC32)ccc1I. The molecule has 1 aliphatic carbocycles. The van der Waals surface area contributed by atoms with Gasteiger partial charge >= 0.3 is 0 Å². The number of amides is 1. The summed E-state index contributed by atoms with van der Waals surface area (Å²) in [5.41, 5.74) is 1.41. The van der Waals surface area contributed by atoms with E-state index >= 15 is 0 Å². The molecule has 2 heterocycles. The molecule has 17 heavy (non-hydrogen) atoms. The minimum atomic E-state index is -0.0658. The highest BCUT2D eigenvalue weighted by atomic mass is 127. The van der Waals surface area contributed by atoms with Gasteiger partial charge in [0.25, 0.3) is 5.91 Å². The van der Waals surface area contributed by atoms with Crippen molar-refractivity contribution in [1.82, 2.24) is 10.3 Å². The molecule has 0 radical (unpaired) electrons. The van der Waals surface area contributed by atoms with E-state index in [0.29, 0.717) is 23.6 Å². The molecule has 2 aliphatic rings. The topological polar surface area (TPSA) is 51.2 Å². The molecule has 2 unspecified atom stereocenters. The molecule has 1 amide bonds. The van der Waals surface area contributed by atoms with Crippen LogP contribution in [0, 0.1) is 22.3 Å². The molecule has 1 saturated heterocycles. The summed E-state index contributed by atoms with van der Waals surface area (Å²) in [6.45, 7) is 3.49. The number of hydrogen-bond donors (Lipinski definition) is 1. The Morgan fingerprint density at radius 3 is 2.82 bits per heavy atom. The minimum absolute atomic E-state index is 0.0658. The third kappa shape index (κ3) is 2.06. The van der Waals surface area contributed by atoms with Gasteiger partial charge < -0.3 is 10.1 Å². The second-order valence-corrected chi connectivity index (χ2v) is 5.79. The number of hydrogen-bond acceptors (Lipinski definition) is 3. The van der Waals surface area contributed by atoms with Crippen LogP contribution in [0.3, 0.4) is 0 Å². The molecule has 90 valence electrons. The quantitative estimate of drug-likeness (QED) is 0.825. The number of carbonyl (C=O) groups is 1. The molecule has 5 heteroatoms. The molecule has 4 nitrogen and oxygen atoms in total. The van der Waals surface area contributed by atoms with E-state index < -0.39 is 0 Å². The smallest absolute Gasteiger partial charge is 0.270 e.